The van der Waals surface area contributed by atoms with Gasteiger partial charge in [0.15, 0.2) is 5.82 Å². The van der Waals surface area contributed by atoms with Gasteiger partial charge in [0.1, 0.15) is 5.69 Å². The molecule has 3 heterocycles. The minimum atomic E-state index is -0.171. The molecule has 0 spiro atoms. The zero-order valence-electron chi connectivity index (χ0n) is 18.7. The van der Waals surface area contributed by atoms with Gasteiger partial charge in [0.25, 0.3) is 11.8 Å². The van der Waals surface area contributed by atoms with Crippen LogP contribution in [0.5, 0.6) is 0 Å². The number of imidazole rings is 1. The van der Waals surface area contributed by atoms with Crippen LogP contribution in [0.4, 0.5) is 0 Å². The molecular weight excluding hydrogens is 402 g/mol. The second kappa shape index (κ2) is 9.45. The summed E-state index contributed by atoms with van der Waals surface area (Å²) >= 11 is 0. The number of carbonyl (C=O) groups is 2. The average Bonchev–Trinajstić information content (AvgIpc) is 3.52. The maximum Gasteiger partial charge on any atom is 0.289 e. The van der Waals surface area contributed by atoms with Crippen molar-refractivity contribution in [1.82, 2.24) is 24.7 Å². The Kier molecular flexibility index (Phi) is 6.26. The lowest BCUT2D eigenvalue weighted by atomic mass is 9.93. The zero-order chi connectivity index (χ0) is 21.9. The Morgan fingerprint density at radius 3 is 2.53 bits per heavy atom. The summed E-state index contributed by atoms with van der Waals surface area (Å²) < 4.78 is 1.84. The highest BCUT2D eigenvalue weighted by Crippen LogP contribution is 2.30. The Balaban J connectivity index is 1.05. The minimum Gasteiger partial charge on any atom is -0.351 e. The van der Waals surface area contributed by atoms with E-state index in [9.17, 15) is 9.59 Å². The fraction of sp³-hybridized carbons (Fsp3) is 0.560. The van der Waals surface area contributed by atoms with Crippen LogP contribution in [0.2, 0.25) is 0 Å². The number of nitrogens with one attached hydrogen (secondary N) is 1. The number of fused-ring (bicyclic) bond motifs is 1. The molecule has 1 N–H and O–H groups in total. The topological polar surface area (TPSA) is 70.5 Å². The predicted molar refractivity (Wildman–Crippen MR) is 122 cm³/mol. The maximum atomic E-state index is 12.7. The number of rotatable bonds is 8. The van der Waals surface area contributed by atoms with Gasteiger partial charge < -0.3 is 14.8 Å². The summed E-state index contributed by atoms with van der Waals surface area (Å²) in [4.78, 5) is 34.1. The first-order chi connectivity index (χ1) is 15.7. The molecule has 32 heavy (non-hydrogen) atoms. The average molecular weight is 436 g/mol. The Morgan fingerprint density at radius 2 is 1.78 bits per heavy atom. The van der Waals surface area contributed by atoms with Gasteiger partial charge in [-0.15, -0.1) is 0 Å². The van der Waals surface area contributed by atoms with E-state index >= 15 is 0 Å². The third kappa shape index (κ3) is 5.04. The SMILES string of the molecule is O=C(NCCC1CCN(Cc2ccccc2)CC1)c1cn2c(n1)C(=O)N(CC1CC1)CC2. The molecule has 1 aromatic heterocycles. The molecule has 0 atom stereocenters. The number of nitrogens with zero attached hydrogens (tertiary/aromatic N) is 4. The van der Waals surface area contributed by atoms with Crippen molar-refractivity contribution in [3.63, 3.8) is 0 Å². The number of likely N-dealkylation sites (tertiary alicyclic amines) is 1. The molecule has 2 fully saturated rings. The highest BCUT2D eigenvalue weighted by molar-refractivity contribution is 5.96. The molecule has 5 rings (SSSR count). The molecule has 7 nitrogen and oxygen atoms in total. The molecule has 3 aliphatic rings. The number of carbonyl (C=O) groups excluding carboxylic acids is 2. The molecule has 1 aromatic carbocycles. The normalized spacial score (nSPS) is 19.8. The summed E-state index contributed by atoms with van der Waals surface area (Å²) in [5.74, 6) is 1.51. The van der Waals surface area contributed by atoms with Gasteiger partial charge in [-0.3, -0.25) is 14.5 Å². The fourth-order valence-corrected chi connectivity index (χ4v) is 4.88. The van der Waals surface area contributed by atoms with E-state index in [1.807, 2.05) is 9.47 Å². The Morgan fingerprint density at radius 1 is 1.00 bits per heavy atom. The first-order valence-electron chi connectivity index (χ1n) is 12.1. The minimum absolute atomic E-state index is 0.0375. The molecule has 1 saturated heterocycles. The summed E-state index contributed by atoms with van der Waals surface area (Å²) in [6, 6.07) is 10.6. The Labute approximate surface area is 189 Å². The second-order valence-corrected chi connectivity index (χ2v) is 9.59. The molecule has 2 aliphatic heterocycles. The zero-order valence-corrected chi connectivity index (χ0v) is 18.7. The maximum absolute atomic E-state index is 12.7. The van der Waals surface area contributed by atoms with Crippen LogP contribution in [0.1, 0.15) is 58.8 Å². The summed E-state index contributed by atoms with van der Waals surface area (Å²) in [7, 11) is 0. The molecule has 2 amide bonds. The van der Waals surface area contributed by atoms with Crippen molar-refractivity contribution in [2.45, 2.75) is 45.2 Å². The van der Waals surface area contributed by atoms with Crippen LogP contribution in [-0.2, 0) is 13.1 Å². The number of benzene rings is 1. The number of amides is 2. The van der Waals surface area contributed by atoms with E-state index in [1.165, 1.54) is 31.2 Å². The summed E-state index contributed by atoms with van der Waals surface area (Å²) in [6.45, 7) is 6.16. The van der Waals surface area contributed by atoms with E-state index in [-0.39, 0.29) is 11.8 Å². The first kappa shape index (κ1) is 21.2. The largest absolute Gasteiger partial charge is 0.351 e. The second-order valence-electron chi connectivity index (χ2n) is 9.59. The van der Waals surface area contributed by atoms with Crippen molar-refractivity contribution in [3.05, 3.63) is 53.6 Å². The molecule has 0 radical (unpaired) electrons. The van der Waals surface area contributed by atoms with Gasteiger partial charge in [-0.05, 0) is 62.6 Å². The standard InChI is InChI=1S/C25H33N5O2/c31-24(22-18-29-14-15-30(17-21-6-7-21)25(32)23(29)27-22)26-11-8-19-9-12-28(13-10-19)16-20-4-2-1-3-5-20/h1-5,18-19,21H,6-17H2,(H,26,31). The van der Waals surface area contributed by atoms with Crippen LogP contribution < -0.4 is 5.32 Å². The monoisotopic (exact) mass is 435 g/mol. The van der Waals surface area contributed by atoms with Crippen LogP contribution in [-0.4, -0.2) is 63.9 Å². The van der Waals surface area contributed by atoms with E-state index in [2.05, 4.69) is 45.5 Å². The lowest BCUT2D eigenvalue weighted by Gasteiger charge is -2.32. The van der Waals surface area contributed by atoms with Crippen molar-refractivity contribution < 1.29 is 9.59 Å². The van der Waals surface area contributed by atoms with Gasteiger partial charge in [-0.1, -0.05) is 30.3 Å². The molecule has 0 bridgehead atoms. The molecule has 2 aromatic rings. The summed E-state index contributed by atoms with van der Waals surface area (Å²) in [6.07, 6.45) is 7.52. The van der Waals surface area contributed by atoms with Gasteiger partial charge in [0.05, 0.1) is 0 Å². The Hall–Kier alpha value is -2.67. The summed E-state index contributed by atoms with van der Waals surface area (Å²) in [5, 5.41) is 3.02. The summed E-state index contributed by atoms with van der Waals surface area (Å²) in [5.41, 5.74) is 1.73. The number of aromatic nitrogens is 2. The number of hydrogen-bond donors (Lipinski definition) is 1. The van der Waals surface area contributed by atoms with Gasteiger partial charge >= 0.3 is 0 Å². The third-order valence-electron chi connectivity index (χ3n) is 7.07. The number of hydrogen-bond acceptors (Lipinski definition) is 4. The third-order valence-corrected chi connectivity index (χ3v) is 7.07. The van der Waals surface area contributed by atoms with Gasteiger partial charge in [-0.25, -0.2) is 4.98 Å². The van der Waals surface area contributed by atoms with Crippen LogP contribution in [0.15, 0.2) is 36.5 Å². The van der Waals surface area contributed by atoms with E-state index in [4.69, 9.17) is 0 Å². The van der Waals surface area contributed by atoms with Crippen LogP contribution >= 0.6 is 0 Å². The predicted octanol–water partition coefficient (Wildman–Crippen LogP) is 2.78. The van der Waals surface area contributed by atoms with Crippen molar-refractivity contribution in [2.24, 2.45) is 11.8 Å². The quantitative estimate of drug-likeness (QED) is 0.692. The molecule has 1 saturated carbocycles. The van der Waals surface area contributed by atoms with E-state index in [1.54, 1.807) is 6.20 Å². The van der Waals surface area contributed by atoms with E-state index < -0.39 is 0 Å². The van der Waals surface area contributed by atoms with Gasteiger partial charge in [0, 0.05) is 38.9 Å². The molecule has 0 unspecified atom stereocenters. The fourth-order valence-electron chi connectivity index (χ4n) is 4.88. The van der Waals surface area contributed by atoms with Crippen LogP contribution in [0, 0.1) is 11.8 Å². The van der Waals surface area contributed by atoms with Gasteiger partial charge in [-0.2, -0.15) is 0 Å². The van der Waals surface area contributed by atoms with Crippen molar-refractivity contribution in [1.29, 1.82) is 0 Å². The molecule has 7 heteroatoms. The van der Waals surface area contributed by atoms with Crippen LogP contribution in [0.25, 0.3) is 0 Å². The highest BCUT2D eigenvalue weighted by atomic mass is 16.2. The lowest BCUT2D eigenvalue weighted by molar-refractivity contribution is 0.0688. The Bertz CT molecular complexity index is 944. The van der Waals surface area contributed by atoms with Gasteiger partial charge in [0.2, 0.25) is 0 Å². The van der Waals surface area contributed by atoms with E-state index in [0.717, 1.165) is 39.1 Å². The molecule has 170 valence electrons. The first-order valence-corrected chi connectivity index (χ1v) is 12.1. The van der Waals surface area contributed by atoms with E-state index in [0.29, 0.717) is 36.4 Å². The van der Waals surface area contributed by atoms with Crippen LogP contribution in [0.3, 0.4) is 0 Å². The van der Waals surface area contributed by atoms with Crippen molar-refractivity contribution in [3.8, 4) is 0 Å². The smallest absolute Gasteiger partial charge is 0.289 e. The lowest BCUT2D eigenvalue weighted by Crippen LogP contribution is -2.41. The van der Waals surface area contributed by atoms with Crippen molar-refractivity contribution >= 4 is 11.8 Å². The van der Waals surface area contributed by atoms with Crippen molar-refractivity contribution in [2.75, 3.05) is 32.7 Å². The number of piperidine rings is 1. The highest BCUT2D eigenvalue weighted by Gasteiger charge is 2.32. The molecule has 1 aliphatic carbocycles. The molecular formula is C25H33N5O2.